The summed E-state index contributed by atoms with van der Waals surface area (Å²) in [4.78, 5) is 0. The maximum atomic E-state index is 13.2. The van der Waals surface area contributed by atoms with Gasteiger partial charge in [-0.1, -0.05) is 12.5 Å². The summed E-state index contributed by atoms with van der Waals surface area (Å²) in [7, 11) is 0. The Labute approximate surface area is 105 Å². The second-order valence-electron chi connectivity index (χ2n) is 3.69. The first-order valence-corrected chi connectivity index (χ1v) is 6.33. The number of rotatable bonds is 7. The van der Waals surface area contributed by atoms with E-state index < -0.39 is 0 Å². The van der Waals surface area contributed by atoms with Crippen LogP contribution in [0, 0.1) is 5.82 Å². The standard InChI is InChI=1S/C13H17BrFN/c1-2-3-4-5-6-9-16-11-7-8-12(14)13(15)10-11/h2,7-8,10,16H,1,3-6,9H2. The fourth-order valence-electron chi connectivity index (χ4n) is 1.43. The predicted molar refractivity (Wildman–Crippen MR) is 71.3 cm³/mol. The van der Waals surface area contributed by atoms with Crippen LogP contribution < -0.4 is 5.32 Å². The van der Waals surface area contributed by atoms with E-state index in [1.165, 1.54) is 18.9 Å². The van der Waals surface area contributed by atoms with E-state index in [4.69, 9.17) is 0 Å². The van der Waals surface area contributed by atoms with Crippen LogP contribution in [0.4, 0.5) is 10.1 Å². The summed E-state index contributed by atoms with van der Waals surface area (Å²) in [6.07, 6.45) is 6.48. The van der Waals surface area contributed by atoms with Crippen LogP contribution in [0.15, 0.2) is 35.3 Å². The highest BCUT2D eigenvalue weighted by molar-refractivity contribution is 9.10. The van der Waals surface area contributed by atoms with Crippen molar-refractivity contribution >= 4 is 21.6 Å². The molecule has 0 aromatic heterocycles. The molecule has 1 N–H and O–H groups in total. The molecule has 3 heteroatoms. The van der Waals surface area contributed by atoms with Crippen LogP contribution in [0.2, 0.25) is 0 Å². The van der Waals surface area contributed by atoms with Gasteiger partial charge in [-0.05, 0) is 53.4 Å². The van der Waals surface area contributed by atoms with Crippen LogP contribution in [0.5, 0.6) is 0 Å². The first-order chi connectivity index (χ1) is 7.74. The molecule has 88 valence electrons. The summed E-state index contributed by atoms with van der Waals surface area (Å²) in [5, 5.41) is 3.20. The van der Waals surface area contributed by atoms with Gasteiger partial charge in [-0.2, -0.15) is 0 Å². The maximum Gasteiger partial charge on any atom is 0.139 e. The highest BCUT2D eigenvalue weighted by Crippen LogP contribution is 2.19. The van der Waals surface area contributed by atoms with Crippen molar-refractivity contribution in [3.05, 3.63) is 41.1 Å². The quantitative estimate of drug-likeness (QED) is 0.563. The summed E-state index contributed by atoms with van der Waals surface area (Å²) in [6, 6.07) is 5.10. The third-order valence-electron chi connectivity index (χ3n) is 2.33. The molecule has 1 nitrogen and oxygen atoms in total. The topological polar surface area (TPSA) is 12.0 Å². The number of hydrogen-bond donors (Lipinski definition) is 1. The van der Waals surface area contributed by atoms with E-state index in [0.29, 0.717) is 4.47 Å². The van der Waals surface area contributed by atoms with Crippen molar-refractivity contribution in [1.29, 1.82) is 0 Å². The lowest BCUT2D eigenvalue weighted by molar-refractivity contribution is 0.621. The molecular weight excluding hydrogens is 269 g/mol. The van der Waals surface area contributed by atoms with Gasteiger partial charge in [0.05, 0.1) is 4.47 Å². The number of allylic oxidation sites excluding steroid dienone is 1. The van der Waals surface area contributed by atoms with E-state index in [-0.39, 0.29) is 5.82 Å². The normalized spacial score (nSPS) is 10.1. The molecule has 16 heavy (non-hydrogen) atoms. The molecule has 0 aliphatic rings. The third kappa shape index (κ3) is 4.79. The SMILES string of the molecule is C=CCCCCCNc1ccc(Br)c(F)c1. The third-order valence-corrected chi connectivity index (χ3v) is 2.98. The lowest BCUT2D eigenvalue weighted by Gasteiger charge is -2.06. The van der Waals surface area contributed by atoms with Gasteiger partial charge >= 0.3 is 0 Å². The van der Waals surface area contributed by atoms with Gasteiger partial charge in [0.2, 0.25) is 0 Å². The first kappa shape index (κ1) is 13.2. The Morgan fingerprint density at radius 2 is 2.12 bits per heavy atom. The van der Waals surface area contributed by atoms with Gasteiger partial charge < -0.3 is 5.32 Å². The number of unbranched alkanes of at least 4 members (excludes halogenated alkanes) is 3. The number of benzene rings is 1. The van der Waals surface area contributed by atoms with Crippen molar-refractivity contribution in [2.45, 2.75) is 25.7 Å². The zero-order valence-corrected chi connectivity index (χ0v) is 10.9. The second-order valence-corrected chi connectivity index (χ2v) is 4.55. The zero-order chi connectivity index (χ0) is 11.8. The molecule has 0 saturated carbocycles. The van der Waals surface area contributed by atoms with Crippen molar-refractivity contribution in [2.75, 3.05) is 11.9 Å². The largest absolute Gasteiger partial charge is 0.385 e. The molecule has 0 aliphatic heterocycles. The lowest BCUT2D eigenvalue weighted by atomic mass is 10.2. The van der Waals surface area contributed by atoms with Gasteiger partial charge in [0.1, 0.15) is 5.82 Å². The smallest absolute Gasteiger partial charge is 0.139 e. The van der Waals surface area contributed by atoms with E-state index in [1.54, 1.807) is 6.07 Å². The second kappa shape index (κ2) is 7.44. The molecule has 0 unspecified atom stereocenters. The Bertz CT molecular complexity index is 339. The summed E-state index contributed by atoms with van der Waals surface area (Å²) in [6.45, 7) is 4.57. The maximum absolute atomic E-state index is 13.2. The van der Waals surface area contributed by atoms with E-state index in [9.17, 15) is 4.39 Å². The van der Waals surface area contributed by atoms with Crippen molar-refractivity contribution in [1.82, 2.24) is 0 Å². The van der Waals surface area contributed by atoms with Crippen molar-refractivity contribution in [3.63, 3.8) is 0 Å². The minimum atomic E-state index is -0.225. The van der Waals surface area contributed by atoms with Crippen LogP contribution in [-0.2, 0) is 0 Å². The fourth-order valence-corrected chi connectivity index (χ4v) is 1.68. The summed E-state index contributed by atoms with van der Waals surface area (Å²) in [5.41, 5.74) is 0.837. The summed E-state index contributed by atoms with van der Waals surface area (Å²) in [5.74, 6) is -0.225. The van der Waals surface area contributed by atoms with Gasteiger partial charge in [0.25, 0.3) is 0 Å². The first-order valence-electron chi connectivity index (χ1n) is 5.54. The highest BCUT2D eigenvalue weighted by atomic mass is 79.9. The van der Waals surface area contributed by atoms with Gasteiger partial charge in [0.15, 0.2) is 0 Å². The molecule has 1 rings (SSSR count). The van der Waals surface area contributed by atoms with E-state index in [1.807, 2.05) is 12.1 Å². The molecule has 0 amide bonds. The Morgan fingerprint density at radius 1 is 1.31 bits per heavy atom. The van der Waals surface area contributed by atoms with E-state index in [0.717, 1.165) is 25.1 Å². The van der Waals surface area contributed by atoms with Gasteiger partial charge in [-0.3, -0.25) is 0 Å². The molecule has 0 radical (unpaired) electrons. The average molecular weight is 286 g/mol. The van der Waals surface area contributed by atoms with Crippen LogP contribution >= 0.6 is 15.9 Å². The van der Waals surface area contributed by atoms with Crippen molar-refractivity contribution in [3.8, 4) is 0 Å². The number of halogens is 2. The van der Waals surface area contributed by atoms with Crippen LogP contribution in [0.25, 0.3) is 0 Å². The molecule has 0 spiro atoms. The van der Waals surface area contributed by atoms with E-state index in [2.05, 4.69) is 27.8 Å². The average Bonchev–Trinajstić information content (AvgIpc) is 2.28. The number of anilines is 1. The van der Waals surface area contributed by atoms with Gasteiger partial charge in [-0.25, -0.2) is 4.39 Å². The molecular formula is C13H17BrFN. The van der Waals surface area contributed by atoms with Crippen molar-refractivity contribution in [2.24, 2.45) is 0 Å². The Balaban J connectivity index is 2.21. The van der Waals surface area contributed by atoms with E-state index >= 15 is 0 Å². The molecule has 0 atom stereocenters. The molecule has 0 saturated heterocycles. The molecule has 0 aliphatic carbocycles. The Hall–Kier alpha value is -0.830. The minimum Gasteiger partial charge on any atom is -0.385 e. The molecule has 0 fully saturated rings. The molecule has 1 aromatic rings. The van der Waals surface area contributed by atoms with Crippen LogP contribution in [0.1, 0.15) is 25.7 Å². The summed E-state index contributed by atoms with van der Waals surface area (Å²) < 4.78 is 13.7. The van der Waals surface area contributed by atoms with Crippen LogP contribution in [-0.4, -0.2) is 6.54 Å². The van der Waals surface area contributed by atoms with Gasteiger partial charge in [0, 0.05) is 12.2 Å². The monoisotopic (exact) mass is 285 g/mol. The molecule has 0 heterocycles. The lowest BCUT2D eigenvalue weighted by Crippen LogP contribution is -2.01. The van der Waals surface area contributed by atoms with Crippen LogP contribution in [0.3, 0.4) is 0 Å². The number of hydrogen-bond acceptors (Lipinski definition) is 1. The predicted octanol–water partition coefficient (Wildman–Crippen LogP) is 4.75. The zero-order valence-electron chi connectivity index (χ0n) is 9.31. The Kier molecular flexibility index (Phi) is 6.16. The van der Waals surface area contributed by atoms with Crippen molar-refractivity contribution < 1.29 is 4.39 Å². The molecule has 0 bridgehead atoms. The summed E-state index contributed by atoms with van der Waals surface area (Å²) >= 11 is 3.13. The minimum absolute atomic E-state index is 0.225. The highest BCUT2D eigenvalue weighted by Gasteiger charge is 1.99. The number of nitrogens with one attached hydrogen (secondary N) is 1. The Morgan fingerprint density at radius 3 is 2.81 bits per heavy atom. The molecule has 1 aromatic carbocycles. The fraction of sp³-hybridized carbons (Fsp3) is 0.385. The van der Waals surface area contributed by atoms with Gasteiger partial charge in [-0.15, -0.1) is 6.58 Å².